The zero-order chi connectivity index (χ0) is 16.2. The average molecular weight is 391 g/mol. The third-order valence-corrected chi connectivity index (χ3v) is 4.35. The van der Waals surface area contributed by atoms with Gasteiger partial charge in [0.1, 0.15) is 6.61 Å². The van der Waals surface area contributed by atoms with Gasteiger partial charge in [-0.1, -0.05) is 59.2 Å². The van der Waals surface area contributed by atoms with Gasteiger partial charge in [0.05, 0.1) is 15.7 Å². The van der Waals surface area contributed by atoms with E-state index in [9.17, 15) is 0 Å². The molecule has 0 spiro atoms. The second kappa shape index (κ2) is 7.02. The maximum absolute atomic E-state index is 8.60. The molecule has 23 heavy (non-hydrogen) atoms. The Hall–Kier alpha value is -2.04. The number of rotatable bonds is 4. The summed E-state index contributed by atoms with van der Waals surface area (Å²) in [7, 11) is 0. The van der Waals surface area contributed by atoms with E-state index in [1.165, 1.54) is 11.6 Å². The Bertz CT molecular complexity index is 852. The quantitative estimate of drug-likeness (QED) is 0.356. The van der Waals surface area contributed by atoms with Crippen LogP contribution in [0.4, 0.5) is 0 Å². The molecule has 3 aromatic carbocycles. The third-order valence-electron chi connectivity index (χ3n) is 3.48. The molecule has 0 amide bonds. The van der Waals surface area contributed by atoms with Crippen molar-refractivity contribution in [1.29, 1.82) is 0 Å². The molecule has 0 unspecified atom stereocenters. The molecule has 5 heteroatoms. The van der Waals surface area contributed by atoms with Gasteiger partial charge in [0.2, 0.25) is 0 Å². The largest absolute Gasteiger partial charge is 0.486 e. The van der Waals surface area contributed by atoms with Crippen LogP contribution in [-0.4, -0.2) is 11.4 Å². The van der Waals surface area contributed by atoms with Gasteiger partial charge in [-0.25, -0.2) is 0 Å². The lowest BCUT2D eigenvalue weighted by Gasteiger charge is -2.12. The van der Waals surface area contributed by atoms with Crippen molar-refractivity contribution in [2.75, 3.05) is 0 Å². The highest BCUT2D eigenvalue weighted by molar-refractivity contribution is 9.10. The number of hydrogen-bond acceptors (Lipinski definition) is 3. The molecule has 0 aliphatic carbocycles. The number of fused-ring (bicyclic) bond motifs is 1. The van der Waals surface area contributed by atoms with Crippen molar-refractivity contribution in [3.05, 3.63) is 75.2 Å². The zero-order valence-corrected chi connectivity index (χ0v) is 14.4. The molecular formula is C18H13BrClNO2. The summed E-state index contributed by atoms with van der Waals surface area (Å²) in [5, 5.41) is 14.4. The average Bonchev–Trinajstić information content (AvgIpc) is 2.54. The maximum atomic E-state index is 8.60. The van der Waals surface area contributed by atoms with Crippen LogP contribution in [0.25, 0.3) is 10.8 Å². The molecule has 0 heterocycles. The number of halogens is 2. The summed E-state index contributed by atoms with van der Waals surface area (Å²) in [6.45, 7) is 0.410. The lowest BCUT2D eigenvalue weighted by Crippen LogP contribution is -1.98. The van der Waals surface area contributed by atoms with Gasteiger partial charge < -0.3 is 9.94 Å². The fourth-order valence-corrected chi connectivity index (χ4v) is 3.42. The minimum atomic E-state index is 0.410. The van der Waals surface area contributed by atoms with E-state index in [4.69, 9.17) is 21.5 Å². The second-order valence-corrected chi connectivity index (χ2v) is 6.25. The molecule has 0 aliphatic heterocycles. The first-order chi connectivity index (χ1) is 11.2. The molecule has 0 radical (unpaired) electrons. The zero-order valence-electron chi connectivity index (χ0n) is 12.0. The minimum Gasteiger partial charge on any atom is -0.486 e. The first kappa shape index (κ1) is 15.8. The van der Waals surface area contributed by atoms with Gasteiger partial charge in [-0.3, -0.25) is 0 Å². The van der Waals surface area contributed by atoms with E-state index in [0.29, 0.717) is 27.4 Å². The summed E-state index contributed by atoms with van der Waals surface area (Å²) in [5.41, 5.74) is 1.77. The topological polar surface area (TPSA) is 41.8 Å². The summed E-state index contributed by atoms with van der Waals surface area (Å²) in [5.74, 6) is 0.565. The Labute approximate surface area is 147 Å². The fraction of sp³-hybridized carbons (Fsp3) is 0.0556. The standard InChI is InChI=1S/C18H13BrClNO2/c19-16-8-12(10-21-22)9-17(20)18(16)23-11-14-6-3-5-13-4-1-2-7-15(13)14/h1-10,22H,11H2/b21-10+. The Morgan fingerprint density at radius 2 is 1.91 bits per heavy atom. The molecular weight excluding hydrogens is 378 g/mol. The van der Waals surface area contributed by atoms with Gasteiger partial charge >= 0.3 is 0 Å². The molecule has 0 aromatic heterocycles. The van der Waals surface area contributed by atoms with Crippen molar-refractivity contribution in [3.63, 3.8) is 0 Å². The van der Waals surface area contributed by atoms with Gasteiger partial charge in [-0.05, 0) is 50.0 Å². The number of ether oxygens (including phenoxy) is 1. The van der Waals surface area contributed by atoms with Crippen molar-refractivity contribution in [1.82, 2.24) is 0 Å². The number of nitrogens with zero attached hydrogens (tertiary/aromatic N) is 1. The number of oxime groups is 1. The lowest BCUT2D eigenvalue weighted by molar-refractivity contribution is 0.306. The highest BCUT2D eigenvalue weighted by atomic mass is 79.9. The number of hydrogen-bond donors (Lipinski definition) is 1. The molecule has 3 rings (SSSR count). The van der Waals surface area contributed by atoms with Crippen LogP contribution in [0.5, 0.6) is 5.75 Å². The van der Waals surface area contributed by atoms with Crippen LogP contribution in [0.15, 0.2) is 64.2 Å². The van der Waals surface area contributed by atoms with Crippen LogP contribution in [0.3, 0.4) is 0 Å². The first-order valence-electron chi connectivity index (χ1n) is 6.95. The van der Waals surface area contributed by atoms with E-state index in [1.807, 2.05) is 24.3 Å². The molecule has 1 N–H and O–H groups in total. The van der Waals surface area contributed by atoms with Crippen molar-refractivity contribution in [2.45, 2.75) is 6.61 Å². The van der Waals surface area contributed by atoms with Crippen LogP contribution >= 0.6 is 27.5 Å². The lowest BCUT2D eigenvalue weighted by atomic mass is 10.1. The second-order valence-electron chi connectivity index (χ2n) is 4.99. The predicted octanol–water partition coefficient (Wildman–Crippen LogP) is 5.64. The predicted molar refractivity (Wildman–Crippen MR) is 96.8 cm³/mol. The SMILES string of the molecule is O/N=C/c1cc(Cl)c(OCc2cccc3ccccc23)c(Br)c1. The molecule has 0 bridgehead atoms. The van der Waals surface area contributed by atoms with Crippen LogP contribution in [0.2, 0.25) is 5.02 Å². The van der Waals surface area contributed by atoms with Gasteiger partial charge in [-0.15, -0.1) is 0 Å². The van der Waals surface area contributed by atoms with Gasteiger partial charge in [-0.2, -0.15) is 0 Å². The Morgan fingerprint density at radius 3 is 2.70 bits per heavy atom. The summed E-state index contributed by atoms with van der Waals surface area (Å²) < 4.78 is 6.62. The summed E-state index contributed by atoms with van der Waals surface area (Å²) in [6.07, 6.45) is 1.31. The van der Waals surface area contributed by atoms with E-state index in [0.717, 1.165) is 10.9 Å². The molecule has 0 fully saturated rings. The van der Waals surface area contributed by atoms with E-state index >= 15 is 0 Å². The van der Waals surface area contributed by atoms with Crippen molar-refractivity contribution >= 4 is 44.5 Å². The van der Waals surface area contributed by atoms with Crippen LogP contribution < -0.4 is 4.74 Å². The normalized spacial score (nSPS) is 11.2. The van der Waals surface area contributed by atoms with E-state index < -0.39 is 0 Å². The highest BCUT2D eigenvalue weighted by Gasteiger charge is 2.10. The first-order valence-corrected chi connectivity index (χ1v) is 8.12. The molecule has 0 saturated heterocycles. The van der Waals surface area contributed by atoms with Crippen LogP contribution in [0, 0.1) is 0 Å². The van der Waals surface area contributed by atoms with E-state index in [2.05, 4.69) is 39.3 Å². The summed E-state index contributed by atoms with van der Waals surface area (Å²) >= 11 is 9.70. The van der Waals surface area contributed by atoms with Crippen LogP contribution in [-0.2, 0) is 6.61 Å². The smallest absolute Gasteiger partial charge is 0.152 e. The molecule has 3 nitrogen and oxygen atoms in total. The molecule has 0 saturated carbocycles. The maximum Gasteiger partial charge on any atom is 0.152 e. The molecule has 0 atom stereocenters. The summed E-state index contributed by atoms with van der Waals surface area (Å²) in [4.78, 5) is 0. The van der Waals surface area contributed by atoms with Gasteiger partial charge in [0.25, 0.3) is 0 Å². The Kier molecular flexibility index (Phi) is 4.84. The Morgan fingerprint density at radius 1 is 1.13 bits per heavy atom. The van der Waals surface area contributed by atoms with Crippen LogP contribution in [0.1, 0.15) is 11.1 Å². The fourth-order valence-electron chi connectivity index (χ4n) is 2.43. The third kappa shape index (κ3) is 3.49. The molecule has 0 aliphatic rings. The van der Waals surface area contributed by atoms with Crippen molar-refractivity contribution in [3.8, 4) is 5.75 Å². The van der Waals surface area contributed by atoms with Crippen molar-refractivity contribution < 1.29 is 9.94 Å². The molecule has 116 valence electrons. The molecule has 3 aromatic rings. The van der Waals surface area contributed by atoms with Gasteiger partial charge in [0, 0.05) is 0 Å². The Balaban J connectivity index is 1.88. The van der Waals surface area contributed by atoms with E-state index in [-0.39, 0.29) is 0 Å². The van der Waals surface area contributed by atoms with Crippen molar-refractivity contribution in [2.24, 2.45) is 5.16 Å². The summed E-state index contributed by atoms with van der Waals surface area (Å²) in [6, 6.07) is 17.8. The van der Waals surface area contributed by atoms with E-state index in [1.54, 1.807) is 12.1 Å². The highest BCUT2D eigenvalue weighted by Crippen LogP contribution is 2.35. The monoisotopic (exact) mass is 389 g/mol. The van der Waals surface area contributed by atoms with Gasteiger partial charge in [0.15, 0.2) is 5.75 Å². The minimum absolute atomic E-state index is 0.410. The number of benzene rings is 3.